The van der Waals surface area contributed by atoms with Crippen LogP contribution in [0.25, 0.3) is 6.08 Å². The Morgan fingerprint density at radius 2 is 1.67 bits per heavy atom. The van der Waals surface area contributed by atoms with Gasteiger partial charge in [0, 0.05) is 23.6 Å². The van der Waals surface area contributed by atoms with E-state index in [2.05, 4.69) is 15.6 Å². The molecule has 4 N–H and O–H groups in total. The molecule has 0 unspecified atom stereocenters. The highest BCUT2D eigenvalue weighted by atomic mass is 16.2. The second-order valence-corrected chi connectivity index (χ2v) is 4.14. The summed E-state index contributed by atoms with van der Waals surface area (Å²) in [5.41, 5.74) is 6.88. The zero-order chi connectivity index (χ0) is 15.1. The summed E-state index contributed by atoms with van der Waals surface area (Å²) in [5.74, 6) is -0.267. The Bertz CT molecular complexity index is 651. The minimum Gasteiger partial charge on any atom is -0.351 e. The largest absolute Gasteiger partial charge is 0.351 e. The number of pyridine rings is 1. The molecular weight excluding hydrogens is 268 g/mol. The van der Waals surface area contributed by atoms with E-state index in [-0.39, 0.29) is 5.91 Å². The zero-order valence-electron chi connectivity index (χ0n) is 11.1. The van der Waals surface area contributed by atoms with Gasteiger partial charge in [-0.1, -0.05) is 6.07 Å². The number of amides is 3. The van der Waals surface area contributed by atoms with Gasteiger partial charge in [0.15, 0.2) is 0 Å². The molecule has 2 rings (SSSR count). The summed E-state index contributed by atoms with van der Waals surface area (Å²) in [6.07, 6.45) is 4.68. The second kappa shape index (κ2) is 6.85. The van der Waals surface area contributed by atoms with Crippen LogP contribution < -0.4 is 16.4 Å². The van der Waals surface area contributed by atoms with Crippen molar-refractivity contribution in [3.8, 4) is 0 Å². The minimum atomic E-state index is -0.634. The van der Waals surface area contributed by atoms with E-state index >= 15 is 0 Å². The van der Waals surface area contributed by atoms with Gasteiger partial charge < -0.3 is 16.4 Å². The van der Waals surface area contributed by atoms with Crippen LogP contribution in [0.15, 0.2) is 54.7 Å². The molecule has 6 heteroatoms. The fourth-order valence-electron chi connectivity index (χ4n) is 1.60. The molecule has 0 aliphatic carbocycles. The minimum absolute atomic E-state index is 0.267. The van der Waals surface area contributed by atoms with Gasteiger partial charge in [-0.15, -0.1) is 0 Å². The number of nitrogens with one attached hydrogen (secondary N) is 2. The van der Waals surface area contributed by atoms with Crippen LogP contribution in [0.3, 0.4) is 0 Å². The van der Waals surface area contributed by atoms with E-state index < -0.39 is 6.03 Å². The van der Waals surface area contributed by atoms with Crippen molar-refractivity contribution in [1.29, 1.82) is 0 Å². The average Bonchev–Trinajstić information content (AvgIpc) is 2.48. The number of carbonyl (C=O) groups excluding carboxylic acids is 2. The third-order valence-electron chi connectivity index (χ3n) is 2.51. The molecule has 2 aromatic rings. The van der Waals surface area contributed by atoms with Crippen molar-refractivity contribution in [2.24, 2.45) is 5.73 Å². The van der Waals surface area contributed by atoms with Crippen molar-refractivity contribution in [2.45, 2.75) is 0 Å². The van der Waals surface area contributed by atoms with Crippen LogP contribution in [0, 0.1) is 0 Å². The van der Waals surface area contributed by atoms with Crippen LogP contribution in [0.2, 0.25) is 0 Å². The van der Waals surface area contributed by atoms with E-state index in [0.717, 1.165) is 0 Å². The predicted molar refractivity (Wildman–Crippen MR) is 81.5 cm³/mol. The van der Waals surface area contributed by atoms with Gasteiger partial charge >= 0.3 is 6.03 Å². The molecule has 0 radical (unpaired) electrons. The topological polar surface area (TPSA) is 97.1 Å². The SMILES string of the molecule is NC(=O)Nc1ccc(NC(=O)/C=C/c2ccccn2)cc1. The summed E-state index contributed by atoms with van der Waals surface area (Å²) in [6.45, 7) is 0. The Balaban J connectivity index is 1.93. The molecule has 1 aromatic carbocycles. The standard InChI is InChI=1S/C15H14N4O2/c16-15(21)19-13-6-4-12(5-7-13)18-14(20)9-8-11-3-1-2-10-17-11/h1-10H,(H,18,20)(H3,16,19,21)/b9-8+. The Morgan fingerprint density at radius 1 is 1.00 bits per heavy atom. The van der Waals surface area contributed by atoms with E-state index in [1.54, 1.807) is 48.7 Å². The molecule has 0 aliphatic heterocycles. The first-order valence-electron chi connectivity index (χ1n) is 6.20. The molecule has 0 atom stereocenters. The number of nitrogens with zero attached hydrogens (tertiary/aromatic N) is 1. The van der Waals surface area contributed by atoms with E-state index in [0.29, 0.717) is 17.1 Å². The molecule has 0 spiro atoms. The van der Waals surface area contributed by atoms with E-state index in [4.69, 9.17) is 5.73 Å². The maximum Gasteiger partial charge on any atom is 0.316 e. The highest BCUT2D eigenvalue weighted by Crippen LogP contribution is 2.13. The summed E-state index contributed by atoms with van der Waals surface area (Å²) in [7, 11) is 0. The first-order valence-corrected chi connectivity index (χ1v) is 6.20. The third-order valence-corrected chi connectivity index (χ3v) is 2.51. The molecule has 1 heterocycles. The highest BCUT2D eigenvalue weighted by Gasteiger charge is 1.99. The molecule has 6 nitrogen and oxygen atoms in total. The Morgan fingerprint density at radius 3 is 2.24 bits per heavy atom. The molecule has 0 saturated carbocycles. The predicted octanol–water partition coefficient (Wildman–Crippen LogP) is 2.22. The van der Waals surface area contributed by atoms with Crippen LogP contribution >= 0.6 is 0 Å². The number of hydrogen-bond donors (Lipinski definition) is 3. The highest BCUT2D eigenvalue weighted by molar-refractivity contribution is 6.02. The number of carbonyl (C=O) groups is 2. The summed E-state index contributed by atoms with van der Waals surface area (Å²) < 4.78 is 0. The molecule has 0 saturated heterocycles. The van der Waals surface area contributed by atoms with E-state index in [9.17, 15) is 9.59 Å². The molecular formula is C15H14N4O2. The number of primary amides is 1. The number of benzene rings is 1. The van der Waals surface area contributed by atoms with Crippen molar-refractivity contribution in [1.82, 2.24) is 4.98 Å². The first-order chi connectivity index (χ1) is 10.1. The smallest absolute Gasteiger partial charge is 0.316 e. The molecule has 0 bridgehead atoms. The fourth-order valence-corrected chi connectivity index (χ4v) is 1.60. The van der Waals surface area contributed by atoms with Gasteiger partial charge in [0.05, 0.1) is 5.69 Å². The van der Waals surface area contributed by atoms with Crippen molar-refractivity contribution in [3.05, 3.63) is 60.4 Å². The summed E-state index contributed by atoms with van der Waals surface area (Å²) in [5, 5.41) is 5.13. The third kappa shape index (κ3) is 4.79. The Kier molecular flexibility index (Phi) is 4.66. The Hall–Kier alpha value is -3.15. The van der Waals surface area contributed by atoms with Gasteiger partial charge in [0.2, 0.25) is 5.91 Å². The summed E-state index contributed by atoms with van der Waals surface area (Å²) in [4.78, 5) is 26.5. The number of nitrogens with two attached hydrogens (primary N) is 1. The van der Waals surface area contributed by atoms with Crippen LogP contribution in [-0.4, -0.2) is 16.9 Å². The Labute approximate surface area is 121 Å². The molecule has 21 heavy (non-hydrogen) atoms. The maximum atomic E-state index is 11.7. The number of rotatable bonds is 4. The van der Waals surface area contributed by atoms with Crippen LogP contribution in [0.5, 0.6) is 0 Å². The monoisotopic (exact) mass is 282 g/mol. The number of aromatic nitrogens is 1. The molecule has 1 aromatic heterocycles. The summed E-state index contributed by atoms with van der Waals surface area (Å²) >= 11 is 0. The van der Waals surface area contributed by atoms with Crippen molar-refractivity contribution < 1.29 is 9.59 Å². The number of anilines is 2. The molecule has 0 fully saturated rings. The lowest BCUT2D eigenvalue weighted by Gasteiger charge is -2.04. The van der Waals surface area contributed by atoms with Gasteiger partial charge in [0.25, 0.3) is 0 Å². The maximum absolute atomic E-state index is 11.7. The van der Waals surface area contributed by atoms with Crippen molar-refractivity contribution in [3.63, 3.8) is 0 Å². The number of hydrogen-bond acceptors (Lipinski definition) is 3. The van der Waals surface area contributed by atoms with Gasteiger partial charge in [-0.05, 0) is 42.5 Å². The quantitative estimate of drug-likeness (QED) is 0.750. The van der Waals surface area contributed by atoms with Crippen molar-refractivity contribution >= 4 is 29.4 Å². The van der Waals surface area contributed by atoms with Gasteiger partial charge in [0.1, 0.15) is 0 Å². The lowest BCUT2D eigenvalue weighted by molar-refractivity contribution is -0.111. The lowest BCUT2D eigenvalue weighted by Crippen LogP contribution is -2.19. The van der Waals surface area contributed by atoms with Crippen LogP contribution in [0.4, 0.5) is 16.2 Å². The van der Waals surface area contributed by atoms with E-state index in [1.165, 1.54) is 6.08 Å². The first kappa shape index (κ1) is 14.3. The fraction of sp³-hybridized carbons (Fsp3) is 0. The summed E-state index contributed by atoms with van der Waals surface area (Å²) in [6, 6.07) is 11.4. The van der Waals surface area contributed by atoms with Crippen LogP contribution in [0.1, 0.15) is 5.69 Å². The van der Waals surface area contributed by atoms with Gasteiger partial charge in [-0.3, -0.25) is 9.78 Å². The molecule has 106 valence electrons. The lowest BCUT2D eigenvalue weighted by atomic mass is 10.2. The average molecular weight is 282 g/mol. The normalized spacial score (nSPS) is 10.3. The van der Waals surface area contributed by atoms with Gasteiger partial charge in [-0.2, -0.15) is 0 Å². The number of urea groups is 1. The van der Waals surface area contributed by atoms with Gasteiger partial charge in [-0.25, -0.2) is 4.79 Å². The van der Waals surface area contributed by atoms with Crippen molar-refractivity contribution in [2.75, 3.05) is 10.6 Å². The molecule has 0 aliphatic rings. The second-order valence-electron chi connectivity index (χ2n) is 4.14. The molecule has 3 amide bonds. The van der Waals surface area contributed by atoms with Crippen LogP contribution in [-0.2, 0) is 4.79 Å². The zero-order valence-corrected chi connectivity index (χ0v) is 11.1. The van der Waals surface area contributed by atoms with E-state index in [1.807, 2.05) is 6.07 Å².